The first-order chi connectivity index (χ1) is 20.9. The van der Waals surface area contributed by atoms with Crippen LogP contribution in [-0.2, 0) is 23.9 Å². The second kappa shape index (κ2) is 16.7. The Morgan fingerprint density at radius 3 is 2.43 bits per heavy atom. The fourth-order valence-electron chi connectivity index (χ4n) is 5.31. The number of piperidine rings is 1. The Morgan fingerprint density at radius 2 is 1.80 bits per heavy atom. The van der Waals surface area contributed by atoms with E-state index in [2.05, 4.69) is 31.6 Å². The number of aliphatic hydroxyl groups excluding tert-OH is 3. The van der Waals surface area contributed by atoms with Gasteiger partial charge in [0, 0.05) is 38.0 Å². The lowest BCUT2D eigenvalue weighted by molar-refractivity contribution is -0.198. The predicted molar refractivity (Wildman–Crippen MR) is 154 cm³/mol. The third-order valence-electron chi connectivity index (χ3n) is 7.59. The third-order valence-corrected chi connectivity index (χ3v) is 7.59. The van der Waals surface area contributed by atoms with Crippen molar-refractivity contribution in [2.75, 3.05) is 26.2 Å². The molecular formula is C25H46N10O9. The second-order valence-electron chi connectivity index (χ2n) is 11.2. The van der Waals surface area contributed by atoms with Crippen LogP contribution in [0.15, 0.2) is 4.99 Å². The van der Waals surface area contributed by atoms with Crippen molar-refractivity contribution in [3.8, 4) is 0 Å². The number of amides is 4. The van der Waals surface area contributed by atoms with Crippen molar-refractivity contribution < 1.29 is 44.0 Å². The molecule has 3 aliphatic rings. The highest BCUT2D eigenvalue weighted by Crippen LogP contribution is 2.24. The number of β-amino-alcohol motifs (C(OH)–C–C–N with tert-alkyl or cyclic N) is 1. The maximum absolute atomic E-state index is 13.0. The van der Waals surface area contributed by atoms with Gasteiger partial charge in [-0.05, 0) is 32.2 Å². The third kappa shape index (κ3) is 9.84. The number of fused-ring (bicyclic) bond motifs is 1. The van der Waals surface area contributed by atoms with Crippen molar-refractivity contribution in [1.29, 1.82) is 0 Å². The SMILES string of the molecule is NCCCC(N)CC(=O)NCCCC(N)CC(=O)NC1[C@H](NC2=N[C@@H]3C(=O)NC[C@@H](O)[C@H]3N2)O[C@H](CO)[C@H](OC(N)=O)[C@H]1O. The number of guanidine groups is 1. The lowest BCUT2D eigenvalue weighted by Crippen LogP contribution is -2.70. The number of hydrogen-bond donors (Lipinski definition) is 12. The molecule has 3 rings (SSSR count). The lowest BCUT2D eigenvalue weighted by Gasteiger charge is -2.44. The highest BCUT2D eigenvalue weighted by molar-refractivity contribution is 5.92. The zero-order valence-corrected chi connectivity index (χ0v) is 24.4. The van der Waals surface area contributed by atoms with E-state index >= 15 is 0 Å². The highest BCUT2D eigenvalue weighted by atomic mass is 16.6. The first-order valence-corrected chi connectivity index (χ1v) is 14.7. The molecule has 0 aromatic rings. The molecule has 0 spiro atoms. The summed E-state index contributed by atoms with van der Waals surface area (Å²) in [4.78, 5) is 52.9. The van der Waals surface area contributed by atoms with Gasteiger partial charge in [0.2, 0.25) is 17.7 Å². The smallest absolute Gasteiger partial charge is 0.404 e. The van der Waals surface area contributed by atoms with Crippen LogP contribution in [0.25, 0.3) is 0 Å². The average molecular weight is 631 g/mol. The van der Waals surface area contributed by atoms with Gasteiger partial charge in [-0.25, -0.2) is 9.79 Å². The molecule has 3 unspecified atom stereocenters. The molecular weight excluding hydrogens is 584 g/mol. The summed E-state index contributed by atoms with van der Waals surface area (Å²) >= 11 is 0. The normalized spacial score (nSPS) is 31.0. The van der Waals surface area contributed by atoms with Crippen molar-refractivity contribution in [3.63, 3.8) is 0 Å². The van der Waals surface area contributed by atoms with Gasteiger partial charge in [-0.3, -0.25) is 14.4 Å². The zero-order valence-electron chi connectivity index (χ0n) is 24.4. The van der Waals surface area contributed by atoms with E-state index in [9.17, 15) is 34.5 Å². The number of rotatable bonds is 15. The van der Waals surface area contributed by atoms with Gasteiger partial charge < -0.3 is 74.3 Å². The summed E-state index contributed by atoms with van der Waals surface area (Å²) in [6.45, 7) is 0.203. The largest absolute Gasteiger partial charge is 0.441 e. The van der Waals surface area contributed by atoms with Crippen LogP contribution in [0.5, 0.6) is 0 Å². The Labute approximate surface area is 254 Å². The second-order valence-corrected chi connectivity index (χ2v) is 11.2. The molecule has 0 aromatic heterocycles. The average Bonchev–Trinajstić information content (AvgIpc) is 3.40. The molecule has 3 heterocycles. The number of aliphatic imine (C=N–C) groups is 1. The molecule has 0 radical (unpaired) electrons. The molecule has 19 heteroatoms. The summed E-state index contributed by atoms with van der Waals surface area (Å²) in [5.41, 5.74) is 22.6. The molecule has 16 N–H and O–H groups in total. The molecule has 2 saturated heterocycles. The molecule has 2 fully saturated rings. The van der Waals surface area contributed by atoms with E-state index in [1.807, 2.05) is 0 Å². The molecule has 4 amide bonds. The van der Waals surface area contributed by atoms with Crippen molar-refractivity contribution in [3.05, 3.63) is 0 Å². The van der Waals surface area contributed by atoms with Crippen LogP contribution in [-0.4, -0.2) is 132 Å². The number of hydrogen-bond acceptors (Lipinski definition) is 15. The lowest BCUT2D eigenvalue weighted by atomic mass is 9.95. The predicted octanol–water partition coefficient (Wildman–Crippen LogP) is -6.14. The van der Waals surface area contributed by atoms with E-state index in [1.54, 1.807) is 0 Å². The molecule has 250 valence electrons. The number of carbonyl (C=O) groups excluding carboxylic acids is 4. The summed E-state index contributed by atoms with van der Waals surface area (Å²) in [7, 11) is 0. The molecule has 10 atom stereocenters. The number of aliphatic hydroxyl groups is 3. The Balaban J connectivity index is 1.57. The summed E-state index contributed by atoms with van der Waals surface area (Å²) in [6, 6.07) is -3.79. The number of primary amides is 1. The molecule has 3 aliphatic heterocycles. The van der Waals surface area contributed by atoms with Gasteiger partial charge in [0.05, 0.1) is 18.8 Å². The van der Waals surface area contributed by atoms with Crippen molar-refractivity contribution in [1.82, 2.24) is 26.6 Å². The number of ether oxygens (including phenoxy) is 2. The fourth-order valence-corrected chi connectivity index (χ4v) is 5.31. The first-order valence-electron chi connectivity index (χ1n) is 14.7. The molecule has 0 aromatic carbocycles. The van der Waals surface area contributed by atoms with Crippen LogP contribution in [0.2, 0.25) is 0 Å². The number of nitrogens with one attached hydrogen (secondary N) is 5. The monoisotopic (exact) mass is 630 g/mol. The van der Waals surface area contributed by atoms with Gasteiger partial charge in [0.25, 0.3) is 0 Å². The number of nitrogens with two attached hydrogens (primary N) is 4. The van der Waals surface area contributed by atoms with E-state index in [4.69, 9.17) is 32.4 Å². The van der Waals surface area contributed by atoms with Crippen LogP contribution < -0.4 is 49.5 Å². The number of nitrogens with zero attached hydrogens (tertiary/aromatic N) is 1. The van der Waals surface area contributed by atoms with Crippen molar-refractivity contribution in [2.45, 2.75) is 99.4 Å². The minimum atomic E-state index is -1.60. The fraction of sp³-hybridized carbons (Fsp3) is 0.800. The van der Waals surface area contributed by atoms with Gasteiger partial charge in [0.15, 0.2) is 24.3 Å². The van der Waals surface area contributed by atoms with Gasteiger partial charge in [-0.1, -0.05) is 0 Å². The molecule has 44 heavy (non-hydrogen) atoms. The van der Waals surface area contributed by atoms with Crippen LogP contribution in [0, 0.1) is 0 Å². The Bertz CT molecular complexity index is 1040. The maximum Gasteiger partial charge on any atom is 0.404 e. The Kier molecular flexibility index (Phi) is 13.3. The topological polar surface area (TPSA) is 324 Å². The molecule has 19 nitrogen and oxygen atoms in total. The molecule has 0 saturated carbocycles. The van der Waals surface area contributed by atoms with E-state index in [1.165, 1.54) is 0 Å². The van der Waals surface area contributed by atoms with Crippen LogP contribution in [0.3, 0.4) is 0 Å². The summed E-state index contributed by atoms with van der Waals surface area (Å²) < 4.78 is 10.8. The Morgan fingerprint density at radius 1 is 1.11 bits per heavy atom. The summed E-state index contributed by atoms with van der Waals surface area (Å²) in [6.07, 6.45) is -5.37. The Hall–Kier alpha value is -3.33. The first kappa shape index (κ1) is 35.2. The van der Waals surface area contributed by atoms with Crippen LogP contribution >= 0.6 is 0 Å². The molecule has 0 bridgehead atoms. The summed E-state index contributed by atoms with van der Waals surface area (Å²) in [5.74, 6) is -1.12. The standard InChI is InChI=1S/C25H46N10O9/c26-5-1-3-11(27)7-15(38)30-6-2-4-12(28)8-16(39)32-19-20(40)21(44-24(29)42)14(10-36)43-23(19)35-25-33-17-13(37)9-31-22(41)18(17)34-25/h11-14,17-21,23,36-37,40H,1-10,26-28H2,(H2,29,42)(H,30,38)(H,31,41)(H,32,39)(H2,33,34,35)/t11?,12?,13-,14-,17-,18+,19?,20+,21+,23-/m1/s1. The van der Waals surface area contributed by atoms with Crippen molar-refractivity contribution >= 4 is 29.8 Å². The van der Waals surface area contributed by atoms with Gasteiger partial charge in [-0.15, -0.1) is 0 Å². The van der Waals surface area contributed by atoms with E-state index in [0.717, 1.165) is 6.42 Å². The quantitative estimate of drug-likeness (QED) is 0.0749. The van der Waals surface area contributed by atoms with Crippen molar-refractivity contribution in [2.24, 2.45) is 27.9 Å². The number of carbonyl (C=O) groups is 4. The van der Waals surface area contributed by atoms with Gasteiger partial charge in [0.1, 0.15) is 18.2 Å². The van der Waals surface area contributed by atoms with E-state index in [0.29, 0.717) is 32.4 Å². The van der Waals surface area contributed by atoms with E-state index in [-0.39, 0.29) is 37.3 Å². The summed E-state index contributed by atoms with van der Waals surface area (Å²) in [5, 5.41) is 44.9. The van der Waals surface area contributed by atoms with Crippen LogP contribution in [0.4, 0.5) is 4.79 Å². The van der Waals surface area contributed by atoms with Gasteiger partial charge >= 0.3 is 6.09 Å². The maximum atomic E-state index is 13.0. The van der Waals surface area contributed by atoms with Gasteiger partial charge in [-0.2, -0.15) is 0 Å². The zero-order chi connectivity index (χ0) is 32.4. The highest BCUT2D eigenvalue weighted by Gasteiger charge is 2.49. The minimum Gasteiger partial charge on any atom is -0.441 e. The van der Waals surface area contributed by atoms with Crippen LogP contribution in [0.1, 0.15) is 38.5 Å². The molecule has 0 aliphatic carbocycles. The minimum absolute atomic E-state index is 0.0296. The van der Waals surface area contributed by atoms with E-state index < -0.39 is 79.3 Å².